The average Bonchev–Trinajstić information content (AvgIpc) is 2.66. The highest BCUT2D eigenvalue weighted by molar-refractivity contribution is 9.11. The summed E-state index contributed by atoms with van der Waals surface area (Å²) in [6.07, 6.45) is 1.01. The fraction of sp³-hybridized carbons (Fsp3) is 0.750. The zero-order valence-electron chi connectivity index (χ0n) is 9.23. The van der Waals surface area contributed by atoms with E-state index >= 15 is 0 Å². The maximum absolute atomic E-state index is 13.0. The molecular formula is C8H11BrF2N4OS. The van der Waals surface area contributed by atoms with Crippen molar-refractivity contribution in [1.29, 1.82) is 0 Å². The number of alkyl halides is 3. The van der Waals surface area contributed by atoms with Gasteiger partial charge in [-0.1, -0.05) is 0 Å². The molecule has 5 nitrogen and oxygen atoms in total. The third-order valence-electron chi connectivity index (χ3n) is 2.06. The van der Waals surface area contributed by atoms with Crippen molar-refractivity contribution in [1.82, 2.24) is 4.90 Å². The molecule has 0 N–H and O–H groups in total. The van der Waals surface area contributed by atoms with Gasteiger partial charge in [-0.25, -0.2) is 4.99 Å². The second-order valence-corrected chi connectivity index (χ2v) is 5.90. The molecule has 0 aromatic heterocycles. The molecule has 0 aromatic rings. The van der Waals surface area contributed by atoms with Crippen LogP contribution in [-0.2, 0) is 4.79 Å². The lowest BCUT2D eigenvalue weighted by Crippen LogP contribution is -2.45. The van der Waals surface area contributed by atoms with Crippen molar-refractivity contribution in [2.45, 2.75) is 23.0 Å². The van der Waals surface area contributed by atoms with Crippen LogP contribution in [0, 0.1) is 0 Å². The van der Waals surface area contributed by atoms with Gasteiger partial charge in [-0.05, 0) is 25.6 Å². The molecule has 9 heteroatoms. The normalized spacial score (nSPS) is 23.1. The average molecular weight is 329 g/mol. The number of carbonyl (C=O) groups excluding carboxylic acids is 1. The Morgan fingerprint density at radius 2 is 2.12 bits per heavy atom. The Labute approximate surface area is 110 Å². The van der Waals surface area contributed by atoms with Gasteiger partial charge in [-0.15, -0.1) is 10.2 Å². The summed E-state index contributed by atoms with van der Waals surface area (Å²) in [4.78, 5) is 15.2. The maximum atomic E-state index is 13.0. The lowest BCUT2D eigenvalue weighted by atomic mass is 10.4. The molecule has 1 aliphatic heterocycles. The largest absolute Gasteiger partial charge is 0.353 e. The van der Waals surface area contributed by atoms with E-state index in [9.17, 15) is 13.6 Å². The summed E-state index contributed by atoms with van der Waals surface area (Å²) in [5, 5.41) is 6.94. The summed E-state index contributed by atoms with van der Waals surface area (Å²) in [6.45, 7) is 4.30. The molecular weight excluding hydrogens is 318 g/mol. The fourth-order valence-corrected chi connectivity index (χ4v) is 2.70. The van der Waals surface area contributed by atoms with Crippen LogP contribution in [0.1, 0.15) is 13.8 Å². The van der Waals surface area contributed by atoms with Gasteiger partial charge in [0.05, 0.1) is 0 Å². The maximum Gasteiger partial charge on any atom is 0.353 e. The quantitative estimate of drug-likeness (QED) is 0.728. The number of nitrogens with zero attached hydrogens (tertiary/aromatic N) is 4. The minimum atomic E-state index is -3.30. The van der Waals surface area contributed by atoms with Crippen LogP contribution in [0.4, 0.5) is 8.78 Å². The molecule has 0 radical (unpaired) electrons. The predicted octanol–water partition coefficient (Wildman–Crippen LogP) is 2.68. The highest BCUT2D eigenvalue weighted by Crippen LogP contribution is 2.47. The first kappa shape index (κ1) is 14.5. The molecule has 0 saturated carbocycles. The molecule has 0 aromatic carbocycles. The van der Waals surface area contributed by atoms with E-state index in [1.807, 2.05) is 0 Å². The van der Waals surface area contributed by atoms with Gasteiger partial charge >= 0.3 is 9.16 Å². The third kappa shape index (κ3) is 3.44. The number of amides is 1. The summed E-state index contributed by atoms with van der Waals surface area (Å²) >= 11 is 2.18. The Hall–Kier alpha value is -0.570. The Morgan fingerprint density at radius 3 is 2.47 bits per heavy atom. The van der Waals surface area contributed by atoms with Crippen molar-refractivity contribution >= 4 is 39.9 Å². The number of hydrogen-bond donors (Lipinski definition) is 0. The molecule has 0 fully saturated rings. The monoisotopic (exact) mass is 328 g/mol. The fourth-order valence-electron chi connectivity index (χ4n) is 1.30. The first-order valence-corrected chi connectivity index (χ1v) is 6.47. The first-order valence-electron chi connectivity index (χ1n) is 4.86. The first-order chi connectivity index (χ1) is 7.84. The topological polar surface area (TPSA) is 57.4 Å². The Kier molecular flexibility index (Phi) is 4.59. The Bertz CT molecular complexity index is 342. The number of aliphatic imine (C=N–C) groups is 1. The number of rotatable bonds is 5. The SMILES string of the molecule is CCN(CC)C(=O)C1(SC(F)(F)Br)N=CN=N1. The number of carbonyl (C=O) groups is 1. The lowest BCUT2D eigenvalue weighted by Gasteiger charge is -2.28. The molecule has 1 unspecified atom stereocenters. The Morgan fingerprint density at radius 1 is 1.53 bits per heavy atom. The molecule has 0 bridgehead atoms. The zero-order chi connectivity index (χ0) is 13.1. The summed E-state index contributed by atoms with van der Waals surface area (Å²) in [6, 6.07) is 0. The molecule has 1 aliphatic rings. The molecule has 1 atom stereocenters. The number of hydrogen-bond acceptors (Lipinski definition) is 5. The molecule has 0 aliphatic carbocycles. The predicted molar refractivity (Wildman–Crippen MR) is 65.5 cm³/mol. The molecule has 1 rings (SSSR count). The third-order valence-corrected chi connectivity index (χ3v) is 3.43. The van der Waals surface area contributed by atoms with Crippen LogP contribution >= 0.6 is 27.7 Å². The van der Waals surface area contributed by atoms with Gasteiger partial charge in [-0.2, -0.15) is 8.78 Å². The van der Waals surface area contributed by atoms with Crippen molar-refractivity contribution < 1.29 is 13.6 Å². The molecule has 0 spiro atoms. The zero-order valence-corrected chi connectivity index (χ0v) is 11.6. The number of halogens is 3. The van der Waals surface area contributed by atoms with Crippen LogP contribution in [0.2, 0.25) is 0 Å². The van der Waals surface area contributed by atoms with E-state index in [2.05, 4.69) is 31.2 Å². The van der Waals surface area contributed by atoms with Gasteiger partial charge in [-0.3, -0.25) is 4.79 Å². The minimum Gasteiger partial charge on any atom is -0.339 e. The van der Waals surface area contributed by atoms with E-state index in [1.165, 1.54) is 4.90 Å². The lowest BCUT2D eigenvalue weighted by molar-refractivity contribution is -0.133. The van der Waals surface area contributed by atoms with Crippen LogP contribution in [0.5, 0.6) is 0 Å². The highest BCUT2D eigenvalue weighted by Gasteiger charge is 2.50. The second kappa shape index (κ2) is 5.38. The highest BCUT2D eigenvalue weighted by atomic mass is 79.9. The van der Waals surface area contributed by atoms with Crippen LogP contribution in [0.3, 0.4) is 0 Å². The van der Waals surface area contributed by atoms with Crippen LogP contribution < -0.4 is 0 Å². The van der Waals surface area contributed by atoms with Crippen LogP contribution in [0.25, 0.3) is 0 Å². The van der Waals surface area contributed by atoms with Crippen LogP contribution in [0.15, 0.2) is 15.2 Å². The van der Waals surface area contributed by atoms with Crippen molar-refractivity contribution in [2.24, 2.45) is 15.2 Å². The summed E-state index contributed by atoms with van der Waals surface area (Å²) in [7, 11) is 0. The standard InChI is InChI=1S/C8H11BrF2N4OS/c1-3-15(4-2)6(16)7(12-5-13-14-7)17-8(9,10)11/h5H,3-4H2,1-2H3. The molecule has 0 saturated heterocycles. The smallest absolute Gasteiger partial charge is 0.339 e. The van der Waals surface area contributed by atoms with Crippen molar-refractivity contribution in [2.75, 3.05) is 13.1 Å². The number of likely N-dealkylation sites (N-methyl/N-ethyl adjacent to an activating group) is 1. The molecule has 96 valence electrons. The van der Waals surface area contributed by atoms with Gasteiger partial charge in [0.15, 0.2) is 0 Å². The van der Waals surface area contributed by atoms with Gasteiger partial charge in [0.25, 0.3) is 5.91 Å². The minimum absolute atomic E-state index is 0.0128. The number of thioether (sulfide) groups is 1. The van der Waals surface area contributed by atoms with E-state index in [-0.39, 0.29) is 11.8 Å². The van der Waals surface area contributed by atoms with Crippen LogP contribution in [-0.4, -0.2) is 39.4 Å². The summed E-state index contributed by atoms with van der Waals surface area (Å²) in [5.74, 6) is -0.593. The van der Waals surface area contributed by atoms with Crippen molar-refractivity contribution in [3.8, 4) is 0 Å². The summed E-state index contributed by atoms with van der Waals surface area (Å²) in [5.41, 5.74) is 0. The van der Waals surface area contributed by atoms with E-state index in [0.29, 0.717) is 13.1 Å². The van der Waals surface area contributed by atoms with E-state index in [0.717, 1.165) is 6.34 Å². The molecule has 1 amide bonds. The van der Waals surface area contributed by atoms with Gasteiger partial charge in [0.2, 0.25) is 0 Å². The van der Waals surface area contributed by atoms with Gasteiger partial charge < -0.3 is 4.90 Å². The molecule has 1 heterocycles. The van der Waals surface area contributed by atoms with Gasteiger partial charge in [0.1, 0.15) is 6.34 Å². The summed E-state index contributed by atoms with van der Waals surface area (Å²) < 4.78 is 22.7. The Balaban J connectivity index is 2.97. The van der Waals surface area contributed by atoms with Crippen molar-refractivity contribution in [3.63, 3.8) is 0 Å². The van der Waals surface area contributed by atoms with E-state index in [1.54, 1.807) is 13.8 Å². The van der Waals surface area contributed by atoms with Gasteiger partial charge in [0, 0.05) is 29.0 Å². The van der Waals surface area contributed by atoms with E-state index < -0.39 is 15.1 Å². The van der Waals surface area contributed by atoms with Crippen molar-refractivity contribution in [3.05, 3.63) is 0 Å². The molecule has 17 heavy (non-hydrogen) atoms. The van der Waals surface area contributed by atoms with E-state index in [4.69, 9.17) is 0 Å². The second-order valence-electron chi connectivity index (χ2n) is 3.09. The number of azo groups is 1.